The number of ether oxygens (including phenoxy) is 1. The number of esters is 1. The number of halogens is 1. The summed E-state index contributed by atoms with van der Waals surface area (Å²) in [5.74, 6) is -0.0199. The van der Waals surface area contributed by atoms with Gasteiger partial charge in [-0.05, 0) is 37.5 Å². The summed E-state index contributed by atoms with van der Waals surface area (Å²) in [4.78, 5) is 12.0. The first-order chi connectivity index (χ1) is 10.2. The third-order valence-electron chi connectivity index (χ3n) is 3.45. The molecule has 5 nitrogen and oxygen atoms in total. The lowest BCUT2D eigenvalue weighted by Crippen LogP contribution is -2.11. The highest BCUT2D eigenvalue weighted by Crippen LogP contribution is 2.41. The molecule has 0 unspecified atom stereocenters. The predicted molar refractivity (Wildman–Crippen MR) is 78.5 cm³/mol. The van der Waals surface area contributed by atoms with E-state index in [1.54, 1.807) is 11.6 Å². The van der Waals surface area contributed by atoms with Crippen LogP contribution in [0.4, 0.5) is 0 Å². The van der Waals surface area contributed by atoms with Crippen LogP contribution >= 0.6 is 11.6 Å². The predicted octanol–water partition coefficient (Wildman–Crippen LogP) is 3.03. The monoisotopic (exact) mass is 305 g/mol. The van der Waals surface area contributed by atoms with Gasteiger partial charge in [-0.1, -0.05) is 28.9 Å². The SMILES string of the molecule is CCOC(=O)c1nnn(Cc2ccc(Cl)cc2)c1C1CC1. The Kier molecular flexibility index (Phi) is 3.92. The van der Waals surface area contributed by atoms with Crippen LogP contribution in [-0.4, -0.2) is 27.6 Å². The van der Waals surface area contributed by atoms with E-state index in [0.29, 0.717) is 29.8 Å². The summed E-state index contributed by atoms with van der Waals surface area (Å²) in [6, 6.07) is 7.59. The molecule has 1 aliphatic carbocycles. The lowest BCUT2D eigenvalue weighted by atomic mass is 10.2. The molecule has 1 fully saturated rings. The van der Waals surface area contributed by atoms with Gasteiger partial charge in [-0.25, -0.2) is 9.48 Å². The van der Waals surface area contributed by atoms with Crippen LogP contribution in [0.15, 0.2) is 24.3 Å². The summed E-state index contributed by atoms with van der Waals surface area (Å²) < 4.78 is 6.85. The molecule has 0 saturated heterocycles. The van der Waals surface area contributed by atoms with Crippen molar-refractivity contribution in [3.05, 3.63) is 46.2 Å². The van der Waals surface area contributed by atoms with Gasteiger partial charge < -0.3 is 4.74 Å². The van der Waals surface area contributed by atoms with Gasteiger partial charge in [-0.3, -0.25) is 0 Å². The van der Waals surface area contributed by atoms with Crippen molar-refractivity contribution in [2.24, 2.45) is 0 Å². The van der Waals surface area contributed by atoms with Crippen molar-refractivity contribution in [1.82, 2.24) is 15.0 Å². The van der Waals surface area contributed by atoms with Gasteiger partial charge in [0, 0.05) is 10.9 Å². The molecule has 2 aromatic rings. The second-order valence-electron chi connectivity index (χ2n) is 5.10. The maximum absolute atomic E-state index is 12.0. The van der Waals surface area contributed by atoms with Crippen molar-refractivity contribution in [2.45, 2.75) is 32.2 Å². The van der Waals surface area contributed by atoms with Gasteiger partial charge in [0.15, 0.2) is 5.69 Å². The van der Waals surface area contributed by atoms with Gasteiger partial charge in [0.25, 0.3) is 0 Å². The zero-order chi connectivity index (χ0) is 14.8. The first-order valence-electron chi connectivity index (χ1n) is 7.04. The highest BCUT2D eigenvalue weighted by molar-refractivity contribution is 6.30. The molecule has 1 aromatic heterocycles. The van der Waals surface area contributed by atoms with Gasteiger partial charge in [0.1, 0.15) is 0 Å². The van der Waals surface area contributed by atoms with Crippen LogP contribution in [0.5, 0.6) is 0 Å². The minimum atomic E-state index is -0.387. The van der Waals surface area contributed by atoms with Crippen LogP contribution in [0.3, 0.4) is 0 Å². The molecule has 0 amide bonds. The Labute approximate surface area is 127 Å². The Morgan fingerprint density at radius 3 is 2.71 bits per heavy atom. The zero-order valence-electron chi connectivity index (χ0n) is 11.8. The number of hydrogen-bond acceptors (Lipinski definition) is 4. The first kappa shape index (κ1) is 14.1. The van der Waals surface area contributed by atoms with E-state index in [9.17, 15) is 4.79 Å². The molecule has 1 heterocycles. The van der Waals surface area contributed by atoms with Crippen LogP contribution in [0, 0.1) is 0 Å². The number of carbonyl (C=O) groups is 1. The third kappa shape index (κ3) is 3.08. The fourth-order valence-corrected chi connectivity index (χ4v) is 2.43. The Morgan fingerprint density at radius 2 is 2.10 bits per heavy atom. The second-order valence-corrected chi connectivity index (χ2v) is 5.54. The summed E-state index contributed by atoms with van der Waals surface area (Å²) in [6.45, 7) is 2.70. The summed E-state index contributed by atoms with van der Waals surface area (Å²) >= 11 is 5.89. The molecule has 1 aliphatic rings. The highest BCUT2D eigenvalue weighted by atomic mass is 35.5. The standard InChI is InChI=1S/C15H16ClN3O2/c1-2-21-15(20)13-14(11-5-6-11)19(18-17-13)9-10-3-7-12(16)8-4-10/h3-4,7-8,11H,2,5-6,9H2,1H3. The molecule has 0 N–H and O–H groups in total. The number of rotatable bonds is 5. The van der Waals surface area contributed by atoms with E-state index in [-0.39, 0.29) is 5.97 Å². The Morgan fingerprint density at radius 1 is 1.38 bits per heavy atom. The molecule has 3 rings (SSSR count). The maximum atomic E-state index is 12.0. The molecule has 110 valence electrons. The Hall–Kier alpha value is -1.88. The molecule has 1 saturated carbocycles. The molecular weight excluding hydrogens is 290 g/mol. The van der Waals surface area contributed by atoms with E-state index in [4.69, 9.17) is 16.3 Å². The summed E-state index contributed by atoms with van der Waals surface area (Å²) in [7, 11) is 0. The van der Waals surface area contributed by atoms with Crippen molar-refractivity contribution in [3.63, 3.8) is 0 Å². The van der Waals surface area contributed by atoms with Crippen LogP contribution in [0.25, 0.3) is 0 Å². The third-order valence-corrected chi connectivity index (χ3v) is 3.70. The van der Waals surface area contributed by atoms with Crippen molar-refractivity contribution in [2.75, 3.05) is 6.61 Å². The Balaban J connectivity index is 1.88. The topological polar surface area (TPSA) is 57.0 Å². The first-order valence-corrected chi connectivity index (χ1v) is 7.41. The molecule has 0 atom stereocenters. The van der Waals surface area contributed by atoms with Crippen LogP contribution < -0.4 is 0 Å². The van der Waals surface area contributed by atoms with E-state index in [0.717, 1.165) is 24.1 Å². The van der Waals surface area contributed by atoms with Gasteiger partial charge in [-0.2, -0.15) is 0 Å². The minimum Gasteiger partial charge on any atom is -0.461 e. The maximum Gasteiger partial charge on any atom is 0.360 e. The van der Waals surface area contributed by atoms with Gasteiger partial charge >= 0.3 is 5.97 Å². The summed E-state index contributed by atoms with van der Waals surface area (Å²) in [5.41, 5.74) is 2.32. The molecule has 0 radical (unpaired) electrons. The number of carbonyl (C=O) groups excluding carboxylic acids is 1. The average Bonchev–Trinajstić information content (AvgIpc) is 3.22. The lowest BCUT2D eigenvalue weighted by molar-refractivity contribution is 0.0518. The van der Waals surface area contributed by atoms with Crippen LogP contribution in [0.2, 0.25) is 5.02 Å². The van der Waals surface area contributed by atoms with Crippen molar-refractivity contribution in [3.8, 4) is 0 Å². The van der Waals surface area contributed by atoms with Crippen LogP contribution in [-0.2, 0) is 11.3 Å². The van der Waals surface area contributed by atoms with Crippen molar-refractivity contribution >= 4 is 17.6 Å². The minimum absolute atomic E-state index is 0.340. The molecule has 1 aromatic carbocycles. The molecule has 0 bridgehead atoms. The quantitative estimate of drug-likeness (QED) is 0.797. The number of nitrogens with zero attached hydrogens (tertiary/aromatic N) is 3. The fourth-order valence-electron chi connectivity index (χ4n) is 2.31. The van der Waals surface area contributed by atoms with Gasteiger partial charge in [0.05, 0.1) is 18.8 Å². The van der Waals surface area contributed by atoms with Crippen LogP contribution in [0.1, 0.15) is 47.4 Å². The van der Waals surface area contributed by atoms with Crippen molar-refractivity contribution in [1.29, 1.82) is 0 Å². The molecule has 0 spiro atoms. The molecule has 21 heavy (non-hydrogen) atoms. The zero-order valence-corrected chi connectivity index (χ0v) is 12.5. The van der Waals surface area contributed by atoms with E-state index >= 15 is 0 Å². The smallest absolute Gasteiger partial charge is 0.360 e. The highest BCUT2D eigenvalue weighted by Gasteiger charge is 2.34. The molecular formula is C15H16ClN3O2. The van der Waals surface area contributed by atoms with E-state index in [1.165, 1.54) is 0 Å². The molecule has 0 aliphatic heterocycles. The van der Waals surface area contributed by atoms with Crippen molar-refractivity contribution < 1.29 is 9.53 Å². The van der Waals surface area contributed by atoms with E-state index in [2.05, 4.69) is 10.3 Å². The number of benzene rings is 1. The van der Waals surface area contributed by atoms with Gasteiger partial charge in [-0.15, -0.1) is 5.10 Å². The second kappa shape index (κ2) is 5.85. The fraction of sp³-hybridized carbons (Fsp3) is 0.400. The summed E-state index contributed by atoms with van der Waals surface area (Å²) in [6.07, 6.45) is 2.14. The van der Waals surface area contributed by atoms with Gasteiger partial charge in [0.2, 0.25) is 0 Å². The largest absolute Gasteiger partial charge is 0.461 e. The summed E-state index contributed by atoms with van der Waals surface area (Å²) in [5, 5.41) is 8.85. The Bertz CT molecular complexity index is 647. The van der Waals surface area contributed by atoms with E-state index < -0.39 is 0 Å². The lowest BCUT2D eigenvalue weighted by Gasteiger charge is -2.07. The number of aromatic nitrogens is 3. The average molecular weight is 306 g/mol. The number of hydrogen-bond donors (Lipinski definition) is 0. The molecule has 6 heteroatoms. The normalized spacial score (nSPS) is 14.2. The van der Waals surface area contributed by atoms with E-state index in [1.807, 2.05) is 24.3 Å².